The molecule has 9 heteroatoms. The summed E-state index contributed by atoms with van der Waals surface area (Å²) in [6, 6.07) is 11.0. The summed E-state index contributed by atoms with van der Waals surface area (Å²) in [5, 5.41) is 1.42. The van der Waals surface area contributed by atoms with E-state index in [2.05, 4.69) is 0 Å². The van der Waals surface area contributed by atoms with Gasteiger partial charge in [-0.3, -0.25) is 9.59 Å². The molecule has 0 spiro atoms. The molecule has 174 valence electrons. The molecule has 4 rings (SSSR count). The fourth-order valence-corrected chi connectivity index (χ4v) is 4.70. The summed E-state index contributed by atoms with van der Waals surface area (Å²) < 4.78 is 7.02. The number of fused-ring (bicyclic) bond motifs is 1. The molecule has 6 nitrogen and oxygen atoms in total. The quantitative estimate of drug-likeness (QED) is 0.419. The zero-order chi connectivity index (χ0) is 23.5. The van der Waals surface area contributed by atoms with Gasteiger partial charge in [0.1, 0.15) is 12.4 Å². The molecule has 1 atom stereocenters. The highest BCUT2D eigenvalue weighted by Gasteiger charge is 2.30. The molecule has 1 aliphatic heterocycles. The van der Waals surface area contributed by atoms with Gasteiger partial charge in [-0.15, -0.1) is 0 Å². The molecule has 33 heavy (non-hydrogen) atoms. The summed E-state index contributed by atoms with van der Waals surface area (Å²) in [4.78, 5) is 32.0. The second-order valence-electron chi connectivity index (χ2n) is 8.07. The normalized spacial score (nSPS) is 16.2. The van der Waals surface area contributed by atoms with Crippen LogP contribution in [0.25, 0.3) is 11.0 Å². The number of likely N-dealkylation sites (tertiary alicyclic amines) is 1. The van der Waals surface area contributed by atoms with Crippen molar-refractivity contribution in [3.05, 3.63) is 62.9 Å². The van der Waals surface area contributed by atoms with E-state index in [0.29, 0.717) is 52.5 Å². The van der Waals surface area contributed by atoms with E-state index in [1.54, 1.807) is 24.0 Å². The number of hydrogen-bond donors (Lipinski definition) is 0. The van der Waals surface area contributed by atoms with Crippen LogP contribution in [-0.4, -0.2) is 46.0 Å². The van der Waals surface area contributed by atoms with Crippen molar-refractivity contribution in [3.8, 4) is 0 Å². The number of carbonyl (C=O) groups excluding carboxylic acids is 2. The predicted molar refractivity (Wildman–Crippen MR) is 130 cm³/mol. The number of amides is 1. The van der Waals surface area contributed by atoms with E-state index in [0.717, 1.165) is 23.9 Å². The standard InChI is InChI=1S/C24H24Cl3N3O3/c1-2-33-24(32)16-7-5-9-29(13-16)23(31)14-30-21-12-19(27)18(26)11-20(21)28-22(30)10-15-6-3-4-8-17(15)25/h3-4,6,8,11-12,16H,2,5,7,9-10,13-14H2,1H3/t16-/m0/s1. The van der Waals surface area contributed by atoms with Gasteiger partial charge in [-0.2, -0.15) is 0 Å². The Morgan fingerprint density at radius 2 is 1.88 bits per heavy atom. The molecule has 3 aromatic rings. The first kappa shape index (κ1) is 23.9. The lowest BCUT2D eigenvalue weighted by molar-refractivity contribution is -0.151. The number of piperidine rings is 1. The van der Waals surface area contributed by atoms with E-state index in [4.69, 9.17) is 44.5 Å². The van der Waals surface area contributed by atoms with E-state index in [1.807, 2.05) is 28.8 Å². The smallest absolute Gasteiger partial charge is 0.310 e. The van der Waals surface area contributed by atoms with Gasteiger partial charge in [0.25, 0.3) is 0 Å². The molecule has 1 aromatic heterocycles. The van der Waals surface area contributed by atoms with Gasteiger partial charge in [-0.05, 0) is 43.5 Å². The van der Waals surface area contributed by atoms with Crippen molar-refractivity contribution < 1.29 is 14.3 Å². The molecule has 1 fully saturated rings. The zero-order valence-electron chi connectivity index (χ0n) is 18.2. The molecule has 1 amide bonds. The van der Waals surface area contributed by atoms with Gasteiger partial charge in [0.15, 0.2) is 0 Å². The van der Waals surface area contributed by atoms with Crippen molar-refractivity contribution in [2.24, 2.45) is 5.92 Å². The first-order chi connectivity index (χ1) is 15.9. The number of benzene rings is 2. The van der Waals surface area contributed by atoms with Crippen LogP contribution in [0.15, 0.2) is 36.4 Å². The number of aromatic nitrogens is 2. The lowest BCUT2D eigenvalue weighted by Gasteiger charge is -2.31. The van der Waals surface area contributed by atoms with Gasteiger partial charge in [0.2, 0.25) is 5.91 Å². The van der Waals surface area contributed by atoms with Gasteiger partial charge in [-0.25, -0.2) is 4.98 Å². The number of hydrogen-bond acceptors (Lipinski definition) is 4. The topological polar surface area (TPSA) is 64.4 Å². The predicted octanol–water partition coefficient (Wildman–Crippen LogP) is 5.39. The number of imidazole rings is 1. The maximum absolute atomic E-state index is 13.3. The third-order valence-corrected chi connectivity index (χ3v) is 6.95. The fourth-order valence-electron chi connectivity index (χ4n) is 4.18. The molecule has 0 aliphatic carbocycles. The molecule has 0 saturated carbocycles. The Morgan fingerprint density at radius 1 is 1.12 bits per heavy atom. The molecular weight excluding hydrogens is 485 g/mol. The van der Waals surface area contributed by atoms with E-state index in [1.165, 1.54) is 0 Å². The molecular formula is C24H24Cl3N3O3. The minimum Gasteiger partial charge on any atom is -0.466 e. The summed E-state index contributed by atoms with van der Waals surface area (Å²) in [5.41, 5.74) is 2.28. The summed E-state index contributed by atoms with van der Waals surface area (Å²) in [6.07, 6.45) is 1.93. The second-order valence-corrected chi connectivity index (χ2v) is 9.29. The number of ether oxygens (including phenoxy) is 1. The van der Waals surface area contributed by atoms with Crippen molar-refractivity contribution in [1.29, 1.82) is 0 Å². The molecule has 1 saturated heterocycles. The van der Waals surface area contributed by atoms with Crippen LogP contribution in [-0.2, 0) is 27.3 Å². The van der Waals surface area contributed by atoms with Crippen molar-refractivity contribution in [2.75, 3.05) is 19.7 Å². The van der Waals surface area contributed by atoms with Gasteiger partial charge >= 0.3 is 5.97 Å². The van der Waals surface area contributed by atoms with Crippen molar-refractivity contribution in [1.82, 2.24) is 14.5 Å². The summed E-state index contributed by atoms with van der Waals surface area (Å²) in [6.45, 7) is 3.15. The Balaban J connectivity index is 1.64. The van der Waals surface area contributed by atoms with Gasteiger partial charge in [0, 0.05) is 24.5 Å². The van der Waals surface area contributed by atoms with E-state index < -0.39 is 0 Å². The van der Waals surface area contributed by atoms with E-state index >= 15 is 0 Å². The third-order valence-electron chi connectivity index (χ3n) is 5.86. The molecule has 2 aromatic carbocycles. The van der Waals surface area contributed by atoms with E-state index in [-0.39, 0.29) is 24.3 Å². The van der Waals surface area contributed by atoms with Crippen LogP contribution in [0, 0.1) is 5.92 Å². The van der Waals surface area contributed by atoms with Crippen LogP contribution in [0.3, 0.4) is 0 Å². The summed E-state index contributed by atoms with van der Waals surface area (Å²) in [5.74, 6) is 0.0560. The van der Waals surface area contributed by atoms with Crippen LogP contribution in [0.5, 0.6) is 0 Å². The Bertz CT molecular complexity index is 1190. The van der Waals surface area contributed by atoms with Crippen molar-refractivity contribution in [3.63, 3.8) is 0 Å². The Morgan fingerprint density at radius 3 is 2.64 bits per heavy atom. The van der Waals surface area contributed by atoms with Gasteiger partial charge in [-0.1, -0.05) is 53.0 Å². The van der Waals surface area contributed by atoms with Crippen molar-refractivity contribution in [2.45, 2.75) is 32.7 Å². The van der Waals surface area contributed by atoms with Crippen molar-refractivity contribution >= 4 is 57.7 Å². The third kappa shape index (κ3) is 5.29. The van der Waals surface area contributed by atoms with Gasteiger partial charge < -0.3 is 14.2 Å². The average Bonchev–Trinajstić information content (AvgIpc) is 3.11. The highest BCUT2D eigenvalue weighted by molar-refractivity contribution is 6.42. The van der Waals surface area contributed by atoms with Crippen LogP contribution in [0.1, 0.15) is 31.2 Å². The lowest BCUT2D eigenvalue weighted by atomic mass is 9.98. The average molecular weight is 509 g/mol. The minimum atomic E-state index is -0.293. The lowest BCUT2D eigenvalue weighted by Crippen LogP contribution is -2.44. The minimum absolute atomic E-state index is 0.0732. The number of rotatable bonds is 6. The van der Waals surface area contributed by atoms with Gasteiger partial charge in [0.05, 0.1) is 33.6 Å². The second kappa shape index (κ2) is 10.3. The first-order valence-corrected chi connectivity index (χ1v) is 12.0. The number of nitrogens with zero attached hydrogens (tertiary/aromatic N) is 3. The molecule has 0 unspecified atom stereocenters. The molecule has 0 bridgehead atoms. The first-order valence-electron chi connectivity index (χ1n) is 10.9. The van der Waals surface area contributed by atoms with Crippen LogP contribution < -0.4 is 0 Å². The number of carbonyl (C=O) groups is 2. The Labute approximate surface area is 207 Å². The highest BCUT2D eigenvalue weighted by atomic mass is 35.5. The summed E-state index contributed by atoms with van der Waals surface area (Å²) in [7, 11) is 0. The Hall–Kier alpha value is -2.28. The monoisotopic (exact) mass is 507 g/mol. The molecule has 0 radical (unpaired) electrons. The highest BCUT2D eigenvalue weighted by Crippen LogP contribution is 2.30. The fraction of sp³-hybridized carbons (Fsp3) is 0.375. The molecule has 2 heterocycles. The number of halogens is 3. The molecule has 1 aliphatic rings. The maximum Gasteiger partial charge on any atom is 0.310 e. The van der Waals surface area contributed by atoms with Crippen LogP contribution in [0.2, 0.25) is 15.1 Å². The van der Waals surface area contributed by atoms with E-state index in [9.17, 15) is 9.59 Å². The number of esters is 1. The van der Waals surface area contributed by atoms with Crippen LogP contribution in [0.4, 0.5) is 0 Å². The maximum atomic E-state index is 13.3. The summed E-state index contributed by atoms with van der Waals surface area (Å²) >= 11 is 18.9. The SMILES string of the molecule is CCOC(=O)[C@H]1CCCN(C(=O)Cn2c(Cc3ccccc3Cl)nc3cc(Cl)c(Cl)cc32)C1. The largest absolute Gasteiger partial charge is 0.466 e. The Kier molecular flexibility index (Phi) is 7.47. The molecule has 0 N–H and O–H groups in total. The van der Waals surface area contributed by atoms with Crippen LogP contribution >= 0.6 is 34.8 Å². The zero-order valence-corrected chi connectivity index (χ0v) is 20.5.